The van der Waals surface area contributed by atoms with Gasteiger partial charge in [-0.25, -0.2) is 9.59 Å². The number of amides is 1. The molecule has 1 N–H and O–H groups in total. The van der Waals surface area contributed by atoms with Gasteiger partial charge in [0.15, 0.2) is 0 Å². The highest BCUT2D eigenvalue weighted by Crippen LogP contribution is 2.33. The number of rotatable bonds is 2. The van der Waals surface area contributed by atoms with Gasteiger partial charge in [-0.05, 0) is 40.0 Å². The van der Waals surface area contributed by atoms with Crippen molar-refractivity contribution in [1.29, 1.82) is 0 Å². The first-order valence-corrected chi connectivity index (χ1v) is 7.45. The minimum absolute atomic E-state index is 0.142. The molecule has 122 valence electrons. The summed E-state index contributed by atoms with van der Waals surface area (Å²) in [4.78, 5) is 25.5. The summed E-state index contributed by atoms with van der Waals surface area (Å²) in [7, 11) is 1.70. The van der Waals surface area contributed by atoms with Gasteiger partial charge in [-0.15, -0.1) is 0 Å². The van der Waals surface area contributed by atoms with E-state index in [-0.39, 0.29) is 11.6 Å². The number of aromatic nitrogens is 2. The van der Waals surface area contributed by atoms with Crippen LogP contribution in [0, 0.1) is 0 Å². The Morgan fingerprint density at radius 3 is 2.64 bits per heavy atom. The molecule has 0 radical (unpaired) electrons. The van der Waals surface area contributed by atoms with Crippen LogP contribution in [0.2, 0.25) is 0 Å². The van der Waals surface area contributed by atoms with E-state index in [0.717, 1.165) is 12.8 Å². The number of carbonyl (C=O) groups is 2. The Kier molecular flexibility index (Phi) is 4.44. The lowest BCUT2D eigenvalue weighted by atomic mass is 9.97. The highest BCUT2D eigenvalue weighted by atomic mass is 16.6. The van der Waals surface area contributed by atoms with Crippen LogP contribution in [0.25, 0.3) is 0 Å². The Morgan fingerprint density at radius 2 is 2.05 bits per heavy atom. The second-order valence-corrected chi connectivity index (χ2v) is 6.56. The number of carboxylic acid groups (broad SMARTS) is 1. The Labute approximate surface area is 129 Å². The van der Waals surface area contributed by atoms with Gasteiger partial charge in [-0.2, -0.15) is 5.10 Å². The van der Waals surface area contributed by atoms with E-state index in [9.17, 15) is 14.7 Å². The Morgan fingerprint density at radius 1 is 1.36 bits per heavy atom. The molecule has 2 rings (SSSR count). The van der Waals surface area contributed by atoms with Crippen molar-refractivity contribution in [2.75, 3.05) is 6.54 Å². The normalized spacial score (nSPS) is 19.1. The number of ether oxygens (including phenoxy) is 1. The van der Waals surface area contributed by atoms with Crippen molar-refractivity contribution < 1.29 is 19.4 Å². The first kappa shape index (κ1) is 16.3. The first-order valence-electron chi connectivity index (χ1n) is 7.45. The number of hydrogen-bond donors (Lipinski definition) is 1. The van der Waals surface area contributed by atoms with Gasteiger partial charge < -0.3 is 9.84 Å². The molecule has 1 unspecified atom stereocenters. The van der Waals surface area contributed by atoms with Crippen LogP contribution < -0.4 is 0 Å². The number of likely N-dealkylation sites (tertiary alicyclic amines) is 1. The molecule has 22 heavy (non-hydrogen) atoms. The van der Waals surface area contributed by atoms with Gasteiger partial charge in [0, 0.05) is 13.6 Å². The Balaban J connectivity index is 2.33. The average Bonchev–Trinajstić information content (AvgIpc) is 2.78. The number of nitrogens with zero attached hydrogens (tertiary/aromatic N) is 3. The molecular formula is C15H23N3O4. The molecule has 0 saturated carbocycles. The standard InChI is InChI=1S/C15H23N3O4/c1-15(2,3)22-14(21)18-8-6-5-7-11(18)12-10(13(19)20)9-16-17(12)4/h9,11H,5-8H2,1-4H3,(H,19,20). The van der Waals surface area contributed by atoms with Crippen LogP contribution in [0.5, 0.6) is 0 Å². The quantitative estimate of drug-likeness (QED) is 0.907. The number of piperidine rings is 1. The monoisotopic (exact) mass is 309 g/mol. The smallest absolute Gasteiger partial charge is 0.410 e. The van der Waals surface area contributed by atoms with E-state index in [1.165, 1.54) is 10.9 Å². The SMILES string of the molecule is Cn1ncc(C(=O)O)c1C1CCCCN1C(=O)OC(C)(C)C. The minimum atomic E-state index is -1.03. The molecule has 0 spiro atoms. The number of hydrogen-bond acceptors (Lipinski definition) is 4. The van der Waals surface area contributed by atoms with E-state index in [1.54, 1.807) is 11.9 Å². The molecule has 1 aliphatic heterocycles. The number of aromatic carboxylic acids is 1. The Bertz CT molecular complexity index is 574. The lowest BCUT2D eigenvalue weighted by Gasteiger charge is -2.37. The average molecular weight is 309 g/mol. The third kappa shape index (κ3) is 3.40. The number of carboxylic acids is 1. The van der Waals surface area contributed by atoms with Gasteiger partial charge >= 0.3 is 12.1 Å². The summed E-state index contributed by atoms with van der Waals surface area (Å²) in [6.45, 7) is 6.01. The third-order valence-electron chi connectivity index (χ3n) is 3.66. The van der Waals surface area contributed by atoms with Crippen molar-refractivity contribution >= 4 is 12.1 Å². The summed E-state index contributed by atoms with van der Waals surface area (Å²) in [5.74, 6) is -1.03. The maximum atomic E-state index is 12.4. The Hall–Kier alpha value is -2.05. The highest BCUT2D eigenvalue weighted by molar-refractivity contribution is 5.89. The van der Waals surface area contributed by atoms with Gasteiger partial charge in [0.2, 0.25) is 0 Å². The zero-order valence-corrected chi connectivity index (χ0v) is 13.5. The lowest BCUT2D eigenvalue weighted by Crippen LogP contribution is -2.42. The molecule has 1 aromatic rings. The van der Waals surface area contributed by atoms with Crippen molar-refractivity contribution in [1.82, 2.24) is 14.7 Å². The molecule has 1 aromatic heterocycles. The molecule has 0 bridgehead atoms. The summed E-state index contributed by atoms with van der Waals surface area (Å²) in [5.41, 5.74) is 0.113. The van der Waals surface area contributed by atoms with Crippen LogP contribution >= 0.6 is 0 Å². The molecule has 1 atom stereocenters. The van der Waals surface area contributed by atoms with Crippen LogP contribution in [0.15, 0.2) is 6.20 Å². The number of aryl methyl sites for hydroxylation is 1. The van der Waals surface area contributed by atoms with Crippen molar-refractivity contribution in [3.8, 4) is 0 Å². The molecule has 1 saturated heterocycles. The van der Waals surface area contributed by atoms with Gasteiger partial charge in [-0.3, -0.25) is 9.58 Å². The maximum absolute atomic E-state index is 12.4. The predicted molar refractivity (Wildman–Crippen MR) is 79.7 cm³/mol. The van der Waals surface area contributed by atoms with E-state index in [4.69, 9.17) is 4.74 Å². The summed E-state index contributed by atoms with van der Waals surface area (Å²) in [5, 5.41) is 13.4. The van der Waals surface area contributed by atoms with E-state index in [1.807, 2.05) is 20.8 Å². The van der Waals surface area contributed by atoms with E-state index in [0.29, 0.717) is 18.7 Å². The predicted octanol–water partition coefficient (Wildman–Crippen LogP) is 2.58. The molecule has 0 aliphatic carbocycles. The largest absolute Gasteiger partial charge is 0.478 e. The van der Waals surface area contributed by atoms with Gasteiger partial charge in [0.05, 0.1) is 17.9 Å². The molecular weight excluding hydrogens is 286 g/mol. The van der Waals surface area contributed by atoms with Crippen molar-refractivity contribution in [2.24, 2.45) is 7.05 Å². The zero-order valence-electron chi connectivity index (χ0n) is 13.5. The van der Waals surface area contributed by atoms with Crippen LogP contribution in [0.3, 0.4) is 0 Å². The topological polar surface area (TPSA) is 84.7 Å². The van der Waals surface area contributed by atoms with Gasteiger partial charge in [0.1, 0.15) is 11.2 Å². The van der Waals surface area contributed by atoms with Crippen LogP contribution in [0.4, 0.5) is 4.79 Å². The first-order chi connectivity index (χ1) is 10.2. The molecule has 1 fully saturated rings. The van der Waals surface area contributed by atoms with Crippen molar-refractivity contribution in [2.45, 2.75) is 51.7 Å². The van der Waals surface area contributed by atoms with E-state index < -0.39 is 17.7 Å². The van der Waals surface area contributed by atoms with Crippen LogP contribution in [-0.2, 0) is 11.8 Å². The summed E-state index contributed by atoms with van der Waals surface area (Å²) >= 11 is 0. The van der Waals surface area contributed by atoms with Crippen LogP contribution in [-0.4, -0.2) is 44.0 Å². The molecule has 0 aromatic carbocycles. The van der Waals surface area contributed by atoms with Gasteiger partial charge in [0.25, 0.3) is 0 Å². The minimum Gasteiger partial charge on any atom is -0.478 e. The molecule has 1 aliphatic rings. The van der Waals surface area contributed by atoms with Crippen molar-refractivity contribution in [3.05, 3.63) is 17.5 Å². The maximum Gasteiger partial charge on any atom is 0.410 e. The highest BCUT2D eigenvalue weighted by Gasteiger charge is 2.35. The second-order valence-electron chi connectivity index (χ2n) is 6.56. The fourth-order valence-electron chi connectivity index (χ4n) is 2.76. The van der Waals surface area contributed by atoms with E-state index >= 15 is 0 Å². The summed E-state index contributed by atoms with van der Waals surface area (Å²) < 4.78 is 6.99. The van der Waals surface area contributed by atoms with Crippen LogP contribution in [0.1, 0.15) is 62.1 Å². The summed E-state index contributed by atoms with van der Waals surface area (Å²) in [6.07, 6.45) is 3.46. The molecule has 7 heteroatoms. The lowest BCUT2D eigenvalue weighted by molar-refractivity contribution is 0.00829. The molecule has 1 amide bonds. The van der Waals surface area contributed by atoms with Crippen molar-refractivity contribution in [3.63, 3.8) is 0 Å². The number of carbonyl (C=O) groups excluding carboxylic acids is 1. The fraction of sp³-hybridized carbons (Fsp3) is 0.667. The fourth-order valence-corrected chi connectivity index (χ4v) is 2.76. The zero-order chi connectivity index (χ0) is 16.5. The summed E-state index contributed by atoms with van der Waals surface area (Å²) in [6, 6.07) is -0.317. The third-order valence-corrected chi connectivity index (χ3v) is 3.66. The van der Waals surface area contributed by atoms with E-state index in [2.05, 4.69) is 5.10 Å². The molecule has 7 nitrogen and oxygen atoms in total. The van der Waals surface area contributed by atoms with Gasteiger partial charge in [-0.1, -0.05) is 0 Å². The molecule has 2 heterocycles. The second kappa shape index (κ2) is 5.98.